The van der Waals surface area contributed by atoms with Gasteiger partial charge in [0.05, 0.1) is 24.7 Å². The van der Waals surface area contributed by atoms with Crippen LogP contribution in [-0.4, -0.2) is 51.1 Å². The summed E-state index contributed by atoms with van der Waals surface area (Å²) in [6, 6.07) is 20.3. The van der Waals surface area contributed by atoms with Crippen LogP contribution in [0.2, 0.25) is 5.02 Å². The first kappa shape index (κ1) is 27.3. The average Bonchev–Trinajstić information content (AvgIpc) is 3.05. The summed E-state index contributed by atoms with van der Waals surface area (Å²) < 4.78 is 29.9. The third-order valence-electron chi connectivity index (χ3n) is 6.79. The van der Waals surface area contributed by atoms with E-state index in [1.807, 2.05) is 42.5 Å². The number of alkyl halides is 2. The van der Waals surface area contributed by atoms with E-state index >= 15 is 0 Å². The van der Waals surface area contributed by atoms with Gasteiger partial charge < -0.3 is 20.4 Å². The van der Waals surface area contributed by atoms with Crippen LogP contribution in [0.4, 0.5) is 20.3 Å². The third kappa shape index (κ3) is 4.92. The van der Waals surface area contributed by atoms with Crippen LogP contribution >= 0.6 is 11.6 Å². The van der Waals surface area contributed by atoms with Crippen LogP contribution in [0.15, 0.2) is 85.2 Å². The van der Waals surface area contributed by atoms with E-state index < -0.39 is 42.9 Å². The molecule has 4 aromatic rings. The van der Waals surface area contributed by atoms with E-state index in [1.54, 1.807) is 12.1 Å². The number of nitrogens with one attached hydrogen (secondary N) is 1. The molecule has 1 atom stereocenters. The van der Waals surface area contributed by atoms with Gasteiger partial charge in [0, 0.05) is 29.1 Å². The Kier molecular flexibility index (Phi) is 7.33. The van der Waals surface area contributed by atoms with Crippen molar-refractivity contribution in [2.45, 2.75) is 17.9 Å². The molecule has 0 radical (unpaired) electrons. The number of amides is 2. The number of hydrogen-bond donors (Lipinski definition) is 3. The molecule has 3 N–H and O–H groups in total. The van der Waals surface area contributed by atoms with Gasteiger partial charge in [-0.3, -0.25) is 9.59 Å². The van der Waals surface area contributed by atoms with Gasteiger partial charge in [-0.15, -0.1) is 0 Å². The van der Waals surface area contributed by atoms with Gasteiger partial charge in [-0.05, 0) is 35.4 Å². The van der Waals surface area contributed by atoms with E-state index in [4.69, 9.17) is 11.6 Å². The topological polar surface area (TPSA) is 116 Å². The minimum Gasteiger partial charge on any atom is -0.393 e. The highest BCUT2D eigenvalue weighted by Gasteiger charge is 2.56. The van der Waals surface area contributed by atoms with Crippen LogP contribution in [0.25, 0.3) is 11.1 Å². The van der Waals surface area contributed by atoms with Crippen molar-refractivity contribution in [2.75, 3.05) is 23.4 Å². The molecule has 0 unspecified atom stereocenters. The van der Waals surface area contributed by atoms with Crippen molar-refractivity contribution in [3.63, 3.8) is 0 Å². The Morgan fingerprint density at radius 2 is 1.73 bits per heavy atom. The first-order valence-electron chi connectivity index (χ1n) is 12.3. The fourth-order valence-electron chi connectivity index (χ4n) is 4.64. The number of anilines is 2. The van der Waals surface area contributed by atoms with Gasteiger partial charge in [-0.25, -0.2) is 18.7 Å². The fourth-order valence-corrected chi connectivity index (χ4v) is 4.81. The zero-order valence-electron chi connectivity index (χ0n) is 20.9. The molecule has 0 spiro atoms. The molecule has 2 amide bonds. The summed E-state index contributed by atoms with van der Waals surface area (Å²) in [5.74, 6) is -4.88. The number of aromatic nitrogens is 2. The maximum absolute atomic E-state index is 15.0. The Morgan fingerprint density at radius 1 is 1.00 bits per heavy atom. The Bertz CT molecular complexity index is 1570. The lowest BCUT2D eigenvalue weighted by atomic mass is 9.86. The molecule has 0 saturated heterocycles. The van der Waals surface area contributed by atoms with Crippen molar-refractivity contribution in [1.82, 2.24) is 9.97 Å². The summed E-state index contributed by atoms with van der Waals surface area (Å²) >= 11 is 6.00. The van der Waals surface area contributed by atoms with Crippen molar-refractivity contribution >= 4 is 34.9 Å². The molecule has 40 heavy (non-hydrogen) atoms. The predicted octanol–water partition coefficient (Wildman–Crippen LogP) is 4.92. The normalized spacial score (nSPS) is 18.0. The largest absolute Gasteiger partial charge is 0.393 e. The van der Waals surface area contributed by atoms with Gasteiger partial charge in [0.15, 0.2) is 11.4 Å². The molecule has 2 heterocycles. The number of aliphatic hydroxyl groups is 2. The van der Waals surface area contributed by atoms with Crippen LogP contribution in [0.1, 0.15) is 32.8 Å². The van der Waals surface area contributed by atoms with Crippen molar-refractivity contribution in [3.8, 4) is 11.1 Å². The van der Waals surface area contributed by atoms with Gasteiger partial charge in [0.2, 0.25) is 0 Å². The fraction of sp³-hybridized carbons (Fsp3) is 0.172. The second-order valence-electron chi connectivity index (χ2n) is 9.24. The highest BCUT2D eigenvalue weighted by Crippen LogP contribution is 2.47. The maximum atomic E-state index is 15.0. The van der Waals surface area contributed by atoms with Crippen LogP contribution in [0.3, 0.4) is 0 Å². The second-order valence-corrected chi connectivity index (χ2v) is 9.68. The van der Waals surface area contributed by atoms with Gasteiger partial charge in [-0.1, -0.05) is 60.1 Å². The SMILES string of the molecule is O=C(Nc1cnc(C(=O)N2CCC(F)(F)[C@](O)(CO)c3cc(Cl)ccc32)cn1)c1ccccc1-c1ccccc1. The van der Waals surface area contributed by atoms with Crippen molar-refractivity contribution < 1.29 is 28.6 Å². The predicted molar refractivity (Wildman–Crippen MR) is 146 cm³/mol. The van der Waals surface area contributed by atoms with Crippen molar-refractivity contribution in [3.05, 3.63) is 107 Å². The van der Waals surface area contributed by atoms with Gasteiger partial charge in [-0.2, -0.15) is 0 Å². The molecule has 0 saturated carbocycles. The lowest BCUT2D eigenvalue weighted by Crippen LogP contribution is -2.48. The Morgan fingerprint density at radius 3 is 2.42 bits per heavy atom. The molecule has 0 fully saturated rings. The average molecular weight is 565 g/mol. The highest BCUT2D eigenvalue weighted by atomic mass is 35.5. The molecule has 5 rings (SSSR count). The minimum absolute atomic E-state index is 0.0418. The summed E-state index contributed by atoms with van der Waals surface area (Å²) in [5.41, 5.74) is -1.56. The number of rotatable bonds is 5. The lowest BCUT2D eigenvalue weighted by molar-refractivity contribution is -0.205. The summed E-state index contributed by atoms with van der Waals surface area (Å²) in [4.78, 5) is 35.7. The van der Waals surface area contributed by atoms with E-state index in [2.05, 4.69) is 15.3 Å². The summed E-state index contributed by atoms with van der Waals surface area (Å²) in [6.45, 7) is -1.75. The minimum atomic E-state index is -3.76. The number of hydrogen-bond acceptors (Lipinski definition) is 6. The van der Waals surface area contributed by atoms with Gasteiger partial charge in [0.25, 0.3) is 17.7 Å². The molecule has 1 aliphatic rings. The van der Waals surface area contributed by atoms with E-state index in [0.717, 1.165) is 28.3 Å². The highest BCUT2D eigenvalue weighted by molar-refractivity contribution is 6.30. The van der Waals surface area contributed by atoms with E-state index in [9.17, 15) is 28.6 Å². The number of carbonyl (C=O) groups is 2. The Balaban J connectivity index is 1.40. The smallest absolute Gasteiger partial charge is 0.284 e. The number of benzene rings is 3. The number of halogens is 3. The van der Waals surface area contributed by atoms with E-state index in [1.165, 1.54) is 18.3 Å². The molecule has 8 nitrogen and oxygen atoms in total. The Hall–Kier alpha value is -4.25. The molecule has 1 aliphatic heterocycles. The van der Waals surface area contributed by atoms with Crippen LogP contribution < -0.4 is 10.2 Å². The number of carbonyl (C=O) groups excluding carboxylic acids is 2. The summed E-state index contributed by atoms with van der Waals surface area (Å²) in [7, 11) is 0. The Labute approximate surface area is 232 Å². The van der Waals surface area contributed by atoms with Crippen LogP contribution in [0.5, 0.6) is 0 Å². The standard InChI is InChI=1S/C29H23ClF2N4O4/c30-19-10-11-24-22(14-19)28(40,17-37)29(31,32)12-13-36(24)27(39)23-15-34-25(16-33-23)35-26(38)21-9-5-4-8-20(21)18-6-2-1-3-7-18/h1-11,14-16,37,40H,12-13,17H2,(H,34,35,38)/t28-/m0/s1. The van der Waals surface area contributed by atoms with E-state index in [-0.39, 0.29) is 27.8 Å². The zero-order valence-corrected chi connectivity index (χ0v) is 21.6. The molecule has 11 heteroatoms. The molecular weight excluding hydrogens is 542 g/mol. The number of nitrogens with zero attached hydrogens (tertiary/aromatic N) is 3. The maximum Gasteiger partial charge on any atom is 0.284 e. The van der Waals surface area contributed by atoms with Crippen molar-refractivity contribution in [1.29, 1.82) is 0 Å². The second kappa shape index (κ2) is 10.7. The molecule has 1 aromatic heterocycles. The van der Waals surface area contributed by atoms with Crippen molar-refractivity contribution in [2.24, 2.45) is 0 Å². The molecule has 204 valence electrons. The summed E-state index contributed by atoms with van der Waals surface area (Å²) in [5, 5.41) is 23.2. The summed E-state index contributed by atoms with van der Waals surface area (Å²) in [6.07, 6.45) is 1.39. The molecule has 3 aromatic carbocycles. The third-order valence-corrected chi connectivity index (χ3v) is 7.03. The van der Waals surface area contributed by atoms with Gasteiger partial charge in [0.1, 0.15) is 5.69 Å². The first-order valence-corrected chi connectivity index (χ1v) is 12.6. The monoisotopic (exact) mass is 564 g/mol. The first-order chi connectivity index (χ1) is 19.1. The quantitative estimate of drug-likeness (QED) is 0.317. The van der Waals surface area contributed by atoms with Gasteiger partial charge >= 0.3 is 0 Å². The lowest BCUT2D eigenvalue weighted by Gasteiger charge is -2.33. The van der Waals surface area contributed by atoms with Crippen LogP contribution in [0, 0.1) is 0 Å². The van der Waals surface area contributed by atoms with Crippen LogP contribution in [-0.2, 0) is 5.60 Å². The molecule has 0 bridgehead atoms. The molecule has 0 aliphatic carbocycles. The molecular formula is C29H23ClF2N4O4. The number of aliphatic hydroxyl groups excluding tert-OH is 1. The number of fused-ring (bicyclic) bond motifs is 1. The zero-order chi connectivity index (χ0) is 28.5. The van der Waals surface area contributed by atoms with E-state index in [0.29, 0.717) is 5.56 Å².